The van der Waals surface area contributed by atoms with E-state index < -0.39 is 32.1 Å². The molecule has 0 bridgehead atoms. The van der Waals surface area contributed by atoms with Gasteiger partial charge in [0.1, 0.15) is 18.9 Å². The predicted molar refractivity (Wildman–Crippen MR) is 67.4 cm³/mol. The molecule has 3 N–H and O–H groups in total. The van der Waals surface area contributed by atoms with Gasteiger partial charge in [-0.2, -0.15) is 0 Å². The van der Waals surface area contributed by atoms with Crippen LogP contribution in [0.5, 0.6) is 5.75 Å². The zero-order chi connectivity index (χ0) is 14.9. The third-order valence-electron chi connectivity index (χ3n) is 3.21. The van der Waals surface area contributed by atoms with E-state index in [1.54, 1.807) is 6.92 Å². The van der Waals surface area contributed by atoms with Crippen LogP contribution in [0.1, 0.15) is 18.3 Å². The van der Waals surface area contributed by atoms with Crippen molar-refractivity contribution in [2.24, 2.45) is 0 Å². The molecule has 9 heteroatoms. The van der Waals surface area contributed by atoms with E-state index >= 15 is 0 Å². The fourth-order valence-corrected chi connectivity index (χ4v) is 2.40. The first-order chi connectivity index (χ1) is 9.40. The van der Waals surface area contributed by atoms with Crippen LogP contribution < -0.4 is 5.43 Å². The minimum Gasteiger partial charge on any atom is -0.503 e. The fraction of sp³-hybridized carbons (Fsp3) is 0.545. The second-order valence-electron chi connectivity index (χ2n) is 4.49. The van der Waals surface area contributed by atoms with Gasteiger partial charge < -0.3 is 19.5 Å². The highest BCUT2D eigenvalue weighted by atomic mass is 31.1. The maximum absolute atomic E-state index is 11.3. The van der Waals surface area contributed by atoms with E-state index in [9.17, 15) is 19.6 Å². The molecule has 4 atom stereocenters. The van der Waals surface area contributed by atoms with E-state index in [-0.39, 0.29) is 18.8 Å². The molecule has 1 aliphatic heterocycles. The Labute approximate surface area is 115 Å². The van der Waals surface area contributed by atoms with Crippen LogP contribution in [0.3, 0.4) is 0 Å². The van der Waals surface area contributed by atoms with Gasteiger partial charge in [0, 0.05) is 23.2 Å². The molecule has 20 heavy (non-hydrogen) atoms. The standard InChI is InChI=1S/C11H14NO7P/c1-6-11(15)7(13)2-3-12(6)10-4-8(14)9(19-10)5-18-20(16)17/h2-3,8-10,14H,4-5H2,1H3,(H-,15,16,17)/p+1/t8-,9+,10+/m0/s1. The number of hydrogen-bond acceptors (Lipinski definition) is 6. The van der Waals surface area contributed by atoms with Crippen LogP contribution in [0.15, 0.2) is 17.1 Å². The van der Waals surface area contributed by atoms with E-state index in [2.05, 4.69) is 4.52 Å². The maximum Gasteiger partial charge on any atom is 0.694 e. The van der Waals surface area contributed by atoms with Crippen molar-refractivity contribution in [3.8, 4) is 5.75 Å². The number of aromatic hydroxyl groups is 1. The second kappa shape index (κ2) is 5.99. The molecule has 1 fully saturated rings. The Morgan fingerprint density at radius 1 is 1.60 bits per heavy atom. The summed E-state index contributed by atoms with van der Waals surface area (Å²) in [6.45, 7) is 1.34. The quantitative estimate of drug-likeness (QED) is 0.679. The summed E-state index contributed by atoms with van der Waals surface area (Å²) in [6.07, 6.45) is -0.506. The normalized spacial score (nSPS) is 26.8. The number of nitrogens with zero attached hydrogens (tertiary/aromatic N) is 1. The van der Waals surface area contributed by atoms with Crippen LogP contribution in [0.2, 0.25) is 0 Å². The minimum absolute atomic E-state index is 0.214. The van der Waals surface area contributed by atoms with E-state index in [0.29, 0.717) is 5.69 Å². The Hall–Kier alpha value is -1.31. The van der Waals surface area contributed by atoms with Gasteiger partial charge in [-0.1, -0.05) is 0 Å². The topological polar surface area (TPSA) is 118 Å². The fourth-order valence-electron chi connectivity index (χ4n) is 2.12. The molecule has 2 rings (SSSR count). The Morgan fingerprint density at radius 3 is 2.95 bits per heavy atom. The highest BCUT2D eigenvalue weighted by Gasteiger charge is 2.37. The third kappa shape index (κ3) is 3.05. The van der Waals surface area contributed by atoms with Crippen LogP contribution in [0, 0.1) is 6.92 Å². The van der Waals surface area contributed by atoms with Crippen molar-refractivity contribution in [3.05, 3.63) is 28.2 Å². The monoisotopic (exact) mass is 304 g/mol. The molecule has 0 aromatic carbocycles. The van der Waals surface area contributed by atoms with Crippen molar-refractivity contribution >= 4 is 8.25 Å². The summed E-state index contributed by atoms with van der Waals surface area (Å²) in [4.78, 5) is 19.8. The molecule has 0 amide bonds. The largest absolute Gasteiger partial charge is 0.694 e. The Bertz CT molecular complexity index is 572. The van der Waals surface area contributed by atoms with Crippen molar-refractivity contribution in [1.82, 2.24) is 4.57 Å². The van der Waals surface area contributed by atoms with Crippen molar-refractivity contribution in [2.45, 2.75) is 31.8 Å². The van der Waals surface area contributed by atoms with Crippen LogP contribution >= 0.6 is 8.25 Å². The number of aliphatic hydroxyl groups excluding tert-OH is 1. The maximum atomic E-state index is 11.3. The summed E-state index contributed by atoms with van der Waals surface area (Å²) in [5, 5.41) is 19.4. The number of ether oxygens (including phenoxy) is 1. The molecule has 0 saturated carbocycles. The van der Waals surface area contributed by atoms with Crippen molar-refractivity contribution in [1.29, 1.82) is 0 Å². The van der Waals surface area contributed by atoms with Gasteiger partial charge in [-0.15, -0.1) is 9.42 Å². The minimum atomic E-state index is -2.75. The molecule has 0 aliphatic carbocycles. The number of aliphatic hydroxyl groups is 1. The molecule has 0 radical (unpaired) electrons. The van der Waals surface area contributed by atoms with Crippen LogP contribution in [-0.2, 0) is 13.8 Å². The highest BCUT2D eigenvalue weighted by Crippen LogP contribution is 2.32. The first-order valence-electron chi connectivity index (χ1n) is 5.93. The van der Waals surface area contributed by atoms with Crippen molar-refractivity contribution in [3.63, 3.8) is 0 Å². The molecule has 1 aromatic heterocycles. The van der Waals surface area contributed by atoms with Gasteiger partial charge in [-0.3, -0.25) is 4.79 Å². The molecule has 0 spiro atoms. The van der Waals surface area contributed by atoms with Crippen LogP contribution in [0.25, 0.3) is 0 Å². The van der Waals surface area contributed by atoms with E-state index in [1.807, 2.05) is 0 Å². The summed E-state index contributed by atoms with van der Waals surface area (Å²) in [7, 11) is -2.75. The third-order valence-corrected chi connectivity index (χ3v) is 3.58. The summed E-state index contributed by atoms with van der Waals surface area (Å²) >= 11 is 0. The lowest BCUT2D eigenvalue weighted by molar-refractivity contribution is -0.0406. The molecule has 1 aliphatic rings. The molecule has 1 aromatic rings. The molecular weight excluding hydrogens is 289 g/mol. The first kappa shape index (κ1) is 15.1. The van der Waals surface area contributed by atoms with Gasteiger partial charge in [0.15, 0.2) is 5.75 Å². The molecule has 8 nitrogen and oxygen atoms in total. The Kier molecular flexibility index (Phi) is 4.52. The molecular formula is C11H15NO7P+. The van der Waals surface area contributed by atoms with Gasteiger partial charge in [-0.25, -0.2) is 0 Å². The predicted octanol–water partition coefficient (Wildman–Crippen LogP) is 0.177. The molecule has 1 saturated heterocycles. The van der Waals surface area contributed by atoms with Gasteiger partial charge in [-0.05, 0) is 6.92 Å². The molecule has 2 heterocycles. The number of aromatic nitrogens is 1. The number of hydrogen-bond donors (Lipinski definition) is 3. The van der Waals surface area contributed by atoms with Crippen LogP contribution in [-0.4, -0.2) is 38.5 Å². The second-order valence-corrected chi connectivity index (χ2v) is 5.22. The SMILES string of the molecule is Cc1c(O)c(=O)ccn1[C@H]1C[C@H](O)[C@@H](CO[P+](=O)O)O1. The highest BCUT2D eigenvalue weighted by molar-refractivity contribution is 7.32. The lowest BCUT2D eigenvalue weighted by Gasteiger charge is -2.18. The zero-order valence-corrected chi connectivity index (χ0v) is 11.6. The van der Waals surface area contributed by atoms with E-state index in [1.165, 1.54) is 16.8 Å². The average molecular weight is 304 g/mol. The summed E-state index contributed by atoms with van der Waals surface area (Å²) in [5.74, 6) is -0.372. The average Bonchev–Trinajstić information content (AvgIpc) is 2.75. The Balaban J connectivity index is 2.14. The summed E-state index contributed by atoms with van der Waals surface area (Å²) in [6, 6.07) is 1.20. The lowest BCUT2D eigenvalue weighted by Crippen LogP contribution is -2.25. The molecule has 1 unspecified atom stereocenters. The van der Waals surface area contributed by atoms with Gasteiger partial charge in [0.05, 0.1) is 11.8 Å². The van der Waals surface area contributed by atoms with Crippen molar-refractivity contribution < 1.29 is 28.9 Å². The first-order valence-corrected chi connectivity index (χ1v) is 7.06. The summed E-state index contributed by atoms with van der Waals surface area (Å²) < 4.78 is 22.0. The van der Waals surface area contributed by atoms with Gasteiger partial charge >= 0.3 is 8.25 Å². The van der Waals surface area contributed by atoms with E-state index in [4.69, 9.17) is 9.63 Å². The van der Waals surface area contributed by atoms with Gasteiger partial charge in [0.25, 0.3) is 0 Å². The number of rotatable bonds is 4. The van der Waals surface area contributed by atoms with Crippen LogP contribution in [0.4, 0.5) is 0 Å². The van der Waals surface area contributed by atoms with E-state index in [0.717, 1.165) is 0 Å². The van der Waals surface area contributed by atoms with Crippen molar-refractivity contribution in [2.75, 3.05) is 6.61 Å². The lowest BCUT2D eigenvalue weighted by atomic mass is 10.2. The molecule has 110 valence electrons. The smallest absolute Gasteiger partial charge is 0.503 e. The summed E-state index contributed by atoms with van der Waals surface area (Å²) in [5.41, 5.74) is -0.168. The zero-order valence-electron chi connectivity index (χ0n) is 10.7. The number of pyridine rings is 1. The van der Waals surface area contributed by atoms with Gasteiger partial charge in [0.2, 0.25) is 5.43 Å². The Morgan fingerprint density at radius 2 is 2.30 bits per heavy atom.